The first-order valence-electron chi connectivity index (χ1n) is 9.87. The van der Waals surface area contributed by atoms with Crippen molar-refractivity contribution in [2.24, 2.45) is 5.41 Å². The zero-order valence-corrected chi connectivity index (χ0v) is 17.3. The average molecular weight is 400 g/mol. The maximum atomic E-state index is 13.3. The fraction of sp³-hybridized carbons (Fsp3) is 0.545. The number of nitrogens with zero attached hydrogens (tertiary/aromatic N) is 3. The van der Waals surface area contributed by atoms with Gasteiger partial charge in [0.1, 0.15) is 5.01 Å². The Morgan fingerprint density at radius 2 is 2.11 bits per heavy atom. The topological polar surface area (TPSA) is 49.2 Å². The second kappa shape index (κ2) is 7.55. The minimum atomic E-state index is -0.217. The number of nitriles is 1. The average Bonchev–Trinajstić information content (AvgIpc) is 3.25. The van der Waals surface area contributed by atoms with Gasteiger partial charge in [-0.1, -0.05) is 23.5 Å². The van der Waals surface area contributed by atoms with Crippen molar-refractivity contribution in [1.82, 2.24) is 9.88 Å². The Morgan fingerprint density at radius 3 is 2.71 bits per heavy atom. The summed E-state index contributed by atoms with van der Waals surface area (Å²) < 4.78 is 19.6. The molecule has 2 saturated heterocycles. The number of hydrogen-bond acceptors (Lipinski definition) is 5. The molecule has 0 amide bonds. The van der Waals surface area contributed by atoms with E-state index in [1.165, 1.54) is 11.8 Å². The molecule has 148 valence electrons. The standard InChI is InChI=1S/C22H26FN3OS/c1-21(2)11-18(27-21)22(8-7-16-3-5-17(12-24)6-4-16)9-10-26(15-22)14-20-25-13-19(23)28-20/h3-6,13,18H,7-11,14-15H2,1-2H3/t18-,22-/m1/s1. The minimum Gasteiger partial charge on any atom is -0.372 e. The second-order valence-corrected chi connectivity index (χ2v) is 9.83. The predicted octanol–water partition coefficient (Wildman–Crippen LogP) is 4.55. The number of thiazole rings is 1. The lowest BCUT2D eigenvalue weighted by atomic mass is 9.70. The van der Waals surface area contributed by atoms with E-state index in [1.807, 2.05) is 12.1 Å². The van der Waals surface area contributed by atoms with Crippen LogP contribution >= 0.6 is 11.3 Å². The molecule has 2 aromatic rings. The smallest absolute Gasteiger partial charge is 0.196 e. The quantitative estimate of drug-likeness (QED) is 0.715. The molecule has 0 unspecified atom stereocenters. The van der Waals surface area contributed by atoms with E-state index in [4.69, 9.17) is 10.00 Å². The van der Waals surface area contributed by atoms with Gasteiger partial charge in [-0.05, 0) is 57.4 Å². The maximum absolute atomic E-state index is 13.3. The lowest BCUT2D eigenvalue weighted by molar-refractivity contribution is -0.230. The van der Waals surface area contributed by atoms with Crippen molar-refractivity contribution in [2.45, 2.75) is 57.8 Å². The molecule has 0 spiro atoms. The molecule has 4 rings (SSSR count). The summed E-state index contributed by atoms with van der Waals surface area (Å²) in [6.45, 7) is 6.98. The zero-order chi connectivity index (χ0) is 19.8. The van der Waals surface area contributed by atoms with Crippen molar-refractivity contribution >= 4 is 11.3 Å². The van der Waals surface area contributed by atoms with E-state index in [-0.39, 0.29) is 22.3 Å². The molecule has 4 nitrogen and oxygen atoms in total. The lowest BCUT2D eigenvalue weighted by Crippen LogP contribution is -2.55. The van der Waals surface area contributed by atoms with Crippen LogP contribution in [0.1, 0.15) is 49.2 Å². The van der Waals surface area contributed by atoms with E-state index in [1.54, 1.807) is 0 Å². The van der Waals surface area contributed by atoms with Crippen molar-refractivity contribution in [3.63, 3.8) is 0 Å². The van der Waals surface area contributed by atoms with Crippen LogP contribution in [0.25, 0.3) is 0 Å². The fourth-order valence-corrected chi connectivity index (χ4v) is 5.29. The van der Waals surface area contributed by atoms with Crippen LogP contribution in [0.15, 0.2) is 30.5 Å². The third kappa shape index (κ3) is 4.12. The van der Waals surface area contributed by atoms with Gasteiger partial charge in [0.25, 0.3) is 0 Å². The molecule has 0 aliphatic carbocycles. The molecular weight excluding hydrogens is 373 g/mol. The predicted molar refractivity (Wildman–Crippen MR) is 107 cm³/mol. The molecule has 1 aromatic heterocycles. The van der Waals surface area contributed by atoms with E-state index in [9.17, 15) is 4.39 Å². The van der Waals surface area contributed by atoms with Crippen molar-refractivity contribution in [3.8, 4) is 6.07 Å². The first kappa shape index (κ1) is 19.5. The molecule has 28 heavy (non-hydrogen) atoms. The molecule has 0 N–H and O–H groups in total. The number of likely N-dealkylation sites (tertiary alicyclic amines) is 1. The zero-order valence-electron chi connectivity index (χ0n) is 16.4. The molecule has 2 aliphatic heterocycles. The number of ether oxygens (including phenoxy) is 1. The van der Waals surface area contributed by atoms with Gasteiger partial charge < -0.3 is 4.74 Å². The molecule has 0 radical (unpaired) electrons. The summed E-state index contributed by atoms with van der Waals surface area (Å²) in [5.74, 6) is 0. The highest BCUT2D eigenvalue weighted by atomic mass is 32.1. The van der Waals surface area contributed by atoms with E-state index in [0.717, 1.165) is 55.1 Å². The van der Waals surface area contributed by atoms with Crippen LogP contribution < -0.4 is 0 Å². The van der Waals surface area contributed by atoms with Gasteiger partial charge in [-0.2, -0.15) is 9.65 Å². The highest BCUT2D eigenvalue weighted by Crippen LogP contribution is 2.49. The van der Waals surface area contributed by atoms with Crippen molar-refractivity contribution in [3.05, 3.63) is 51.7 Å². The number of rotatable bonds is 6. The molecule has 2 aliphatic rings. The summed E-state index contributed by atoms with van der Waals surface area (Å²) in [5, 5.41) is 9.61. The van der Waals surface area contributed by atoms with Gasteiger partial charge in [-0.15, -0.1) is 0 Å². The van der Waals surface area contributed by atoms with Gasteiger partial charge in [-0.3, -0.25) is 4.90 Å². The van der Waals surface area contributed by atoms with E-state index in [2.05, 4.69) is 41.9 Å². The van der Waals surface area contributed by atoms with Gasteiger partial charge in [0, 0.05) is 18.4 Å². The summed E-state index contributed by atoms with van der Waals surface area (Å²) >= 11 is 1.14. The van der Waals surface area contributed by atoms with Crippen LogP contribution in [0.5, 0.6) is 0 Å². The maximum Gasteiger partial charge on any atom is 0.196 e. The Bertz CT molecular complexity index is 865. The first-order chi connectivity index (χ1) is 13.4. The van der Waals surface area contributed by atoms with Gasteiger partial charge in [-0.25, -0.2) is 4.98 Å². The van der Waals surface area contributed by atoms with Crippen molar-refractivity contribution in [2.75, 3.05) is 13.1 Å². The largest absolute Gasteiger partial charge is 0.372 e. The Labute approximate surface area is 170 Å². The van der Waals surface area contributed by atoms with Crippen LogP contribution in [-0.4, -0.2) is 34.7 Å². The van der Waals surface area contributed by atoms with Crippen LogP contribution in [0, 0.1) is 21.9 Å². The normalized spacial score (nSPS) is 26.7. The Hall–Kier alpha value is -1.81. The van der Waals surface area contributed by atoms with E-state index in [0.29, 0.717) is 12.1 Å². The third-order valence-electron chi connectivity index (χ3n) is 6.16. The third-order valence-corrected chi connectivity index (χ3v) is 6.94. The van der Waals surface area contributed by atoms with E-state index >= 15 is 0 Å². The van der Waals surface area contributed by atoms with E-state index < -0.39 is 0 Å². The van der Waals surface area contributed by atoms with Gasteiger partial charge >= 0.3 is 0 Å². The lowest BCUT2D eigenvalue weighted by Gasteiger charge is -2.52. The van der Waals surface area contributed by atoms with Crippen molar-refractivity contribution in [1.29, 1.82) is 5.26 Å². The van der Waals surface area contributed by atoms with Crippen LogP contribution in [0.3, 0.4) is 0 Å². The Morgan fingerprint density at radius 1 is 1.36 bits per heavy atom. The monoisotopic (exact) mass is 399 g/mol. The number of aromatic nitrogens is 1. The highest BCUT2D eigenvalue weighted by Gasteiger charge is 2.52. The van der Waals surface area contributed by atoms with Crippen LogP contribution in [0.2, 0.25) is 0 Å². The number of benzene rings is 1. The highest BCUT2D eigenvalue weighted by molar-refractivity contribution is 7.09. The van der Waals surface area contributed by atoms with Crippen LogP contribution in [0.4, 0.5) is 4.39 Å². The summed E-state index contributed by atoms with van der Waals surface area (Å²) in [7, 11) is 0. The number of aryl methyl sites for hydroxylation is 1. The molecular formula is C22H26FN3OS. The van der Waals surface area contributed by atoms with Crippen molar-refractivity contribution < 1.29 is 9.13 Å². The molecule has 1 aromatic carbocycles. The molecule has 0 saturated carbocycles. The fourth-order valence-electron chi connectivity index (χ4n) is 4.60. The molecule has 0 bridgehead atoms. The van der Waals surface area contributed by atoms with Gasteiger partial charge in [0.15, 0.2) is 5.13 Å². The second-order valence-electron chi connectivity index (χ2n) is 8.76. The van der Waals surface area contributed by atoms with Gasteiger partial charge in [0.05, 0.1) is 36.1 Å². The molecule has 2 atom stereocenters. The summed E-state index contributed by atoms with van der Waals surface area (Å²) in [6.07, 6.45) is 5.80. The van der Waals surface area contributed by atoms with Gasteiger partial charge in [0.2, 0.25) is 0 Å². The molecule has 2 fully saturated rings. The Kier molecular flexibility index (Phi) is 5.26. The number of hydrogen-bond donors (Lipinski definition) is 0. The minimum absolute atomic E-state index is 0.0298. The molecule has 3 heterocycles. The van der Waals surface area contributed by atoms with Crippen LogP contribution in [-0.2, 0) is 17.7 Å². The first-order valence-corrected chi connectivity index (χ1v) is 10.7. The number of halogens is 1. The SMILES string of the molecule is CC1(C)C[C@H]([C@]2(CCc3ccc(C#N)cc3)CCN(Cc3ncc(F)s3)C2)O1. The molecule has 6 heteroatoms. The Balaban J connectivity index is 1.45. The summed E-state index contributed by atoms with van der Waals surface area (Å²) in [5.41, 5.74) is 2.06. The summed E-state index contributed by atoms with van der Waals surface area (Å²) in [6, 6.07) is 10.1. The summed E-state index contributed by atoms with van der Waals surface area (Å²) in [4.78, 5) is 6.58.